The molecule has 0 unspecified atom stereocenters. The molecule has 0 N–H and O–H groups in total. The SMILES string of the molecule is Cc1ccc(C(F)(F)F)c(C(F)(F)F)c1C#N. The van der Waals surface area contributed by atoms with Crippen molar-refractivity contribution in [3.8, 4) is 6.07 Å². The van der Waals surface area contributed by atoms with Crippen LogP contribution in [0.2, 0.25) is 0 Å². The summed E-state index contributed by atoms with van der Waals surface area (Å²) in [5.74, 6) is 0. The fourth-order valence-corrected chi connectivity index (χ4v) is 1.38. The molecule has 0 aliphatic carbocycles. The topological polar surface area (TPSA) is 23.8 Å². The number of rotatable bonds is 0. The van der Waals surface area contributed by atoms with Crippen molar-refractivity contribution in [2.45, 2.75) is 19.3 Å². The van der Waals surface area contributed by atoms with Gasteiger partial charge in [-0.1, -0.05) is 6.07 Å². The van der Waals surface area contributed by atoms with Gasteiger partial charge in [-0.3, -0.25) is 0 Å². The summed E-state index contributed by atoms with van der Waals surface area (Å²) >= 11 is 0. The highest BCUT2D eigenvalue weighted by molar-refractivity contribution is 5.50. The number of nitrogens with zero attached hydrogens (tertiary/aromatic N) is 1. The van der Waals surface area contributed by atoms with Gasteiger partial charge in [0.2, 0.25) is 0 Å². The Kier molecular flexibility index (Phi) is 3.10. The van der Waals surface area contributed by atoms with Gasteiger partial charge in [0.25, 0.3) is 0 Å². The van der Waals surface area contributed by atoms with Crippen LogP contribution in [0.15, 0.2) is 12.1 Å². The Balaban J connectivity index is 3.72. The highest BCUT2D eigenvalue weighted by Crippen LogP contribution is 2.42. The summed E-state index contributed by atoms with van der Waals surface area (Å²) in [6.07, 6.45) is -10.4. The van der Waals surface area contributed by atoms with E-state index >= 15 is 0 Å². The minimum atomic E-state index is -5.22. The first-order valence-corrected chi connectivity index (χ1v) is 4.27. The third-order valence-electron chi connectivity index (χ3n) is 2.11. The smallest absolute Gasteiger partial charge is 0.192 e. The standard InChI is InChI=1S/C10H5F6N/c1-5-2-3-7(9(11,12)13)8(6(5)4-17)10(14,15)16/h2-3H,1H3. The predicted molar refractivity (Wildman–Crippen MR) is 45.9 cm³/mol. The Morgan fingerprint density at radius 2 is 1.53 bits per heavy atom. The van der Waals surface area contributed by atoms with Crippen LogP contribution in [0.3, 0.4) is 0 Å². The summed E-state index contributed by atoms with van der Waals surface area (Å²) in [4.78, 5) is 0. The van der Waals surface area contributed by atoms with Crippen molar-refractivity contribution in [1.29, 1.82) is 5.26 Å². The lowest BCUT2D eigenvalue weighted by Gasteiger charge is -2.17. The van der Waals surface area contributed by atoms with Gasteiger partial charge in [-0.25, -0.2) is 0 Å². The first kappa shape index (κ1) is 13.4. The van der Waals surface area contributed by atoms with Crippen LogP contribution in [-0.2, 0) is 12.4 Å². The van der Waals surface area contributed by atoms with E-state index in [1.165, 1.54) is 0 Å². The predicted octanol–water partition coefficient (Wildman–Crippen LogP) is 3.90. The summed E-state index contributed by atoms with van der Waals surface area (Å²) in [6, 6.07) is 2.34. The van der Waals surface area contributed by atoms with Crippen LogP contribution >= 0.6 is 0 Å². The molecule has 0 heterocycles. The summed E-state index contributed by atoms with van der Waals surface area (Å²) in [5.41, 5.74) is -4.90. The lowest BCUT2D eigenvalue weighted by molar-refractivity contribution is -0.162. The van der Waals surface area contributed by atoms with Crippen molar-refractivity contribution in [1.82, 2.24) is 0 Å². The highest BCUT2D eigenvalue weighted by Gasteiger charge is 2.45. The summed E-state index contributed by atoms with van der Waals surface area (Å²) in [7, 11) is 0. The van der Waals surface area contributed by atoms with Gasteiger partial charge in [-0.05, 0) is 18.6 Å². The number of alkyl halides is 6. The lowest BCUT2D eigenvalue weighted by Crippen LogP contribution is -2.19. The summed E-state index contributed by atoms with van der Waals surface area (Å²) in [5, 5.41) is 8.54. The Bertz CT molecular complexity index is 477. The molecule has 0 fully saturated rings. The molecule has 7 heteroatoms. The van der Waals surface area contributed by atoms with Gasteiger partial charge in [-0.2, -0.15) is 31.6 Å². The highest BCUT2D eigenvalue weighted by atomic mass is 19.4. The van der Waals surface area contributed by atoms with Crippen molar-refractivity contribution in [2.24, 2.45) is 0 Å². The Hall–Kier alpha value is -1.71. The number of benzene rings is 1. The number of nitriles is 1. The fraction of sp³-hybridized carbons (Fsp3) is 0.300. The minimum Gasteiger partial charge on any atom is -0.192 e. The van der Waals surface area contributed by atoms with E-state index in [1.807, 2.05) is 0 Å². The molecule has 1 nitrogen and oxygen atoms in total. The summed E-state index contributed by atoms with van der Waals surface area (Å²) in [6.45, 7) is 1.15. The maximum Gasteiger partial charge on any atom is 0.418 e. The molecule has 0 bridgehead atoms. The molecule has 0 radical (unpaired) electrons. The van der Waals surface area contributed by atoms with Gasteiger partial charge >= 0.3 is 12.4 Å². The van der Waals surface area contributed by atoms with Gasteiger partial charge in [0, 0.05) is 0 Å². The van der Waals surface area contributed by atoms with E-state index in [0.29, 0.717) is 6.07 Å². The normalized spacial score (nSPS) is 12.4. The number of halogens is 6. The van der Waals surface area contributed by atoms with E-state index in [1.54, 1.807) is 0 Å². The Labute approximate surface area is 92.3 Å². The van der Waals surface area contributed by atoms with Crippen LogP contribution in [0.25, 0.3) is 0 Å². The quantitative estimate of drug-likeness (QED) is 0.643. The number of hydrogen-bond donors (Lipinski definition) is 0. The van der Waals surface area contributed by atoms with Crippen LogP contribution < -0.4 is 0 Å². The van der Waals surface area contributed by atoms with Crippen LogP contribution in [0.4, 0.5) is 26.3 Å². The van der Waals surface area contributed by atoms with E-state index in [-0.39, 0.29) is 5.56 Å². The van der Waals surface area contributed by atoms with Crippen LogP contribution in [0.1, 0.15) is 22.3 Å². The second-order valence-electron chi connectivity index (χ2n) is 3.29. The molecule has 0 atom stereocenters. The minimum absolute atomic E-state index is 0.146. The van der Waals surface area contributed by atoms with Crippen molar-refractivity contribution in [3.05, 3.63) is 34.4 Å². The van der Waals surface area contributed by atoms with Gasteiger partial charge in [-0.15, -0.1) is 0 Å². The molecule has 0 saturated heterocycles. The molecule has 92 valence electrons. The van der Waals surface area contributed by atoms with E-state index in [2.05, 4.69) is 0 Å². The molecule has 0 amide bonds. The van der Waals surface area contributed by atoms with Crippen LogP contribution in [0, 0.1) is 18.3 Å². The van der Waals surface area contributed by atoms with Crippen molar-refractivity contribution in [2.75, 3.05) is 0 Å². The monoisotopic (exact) mass is 253 g/mol. The first-order chi connectivity index (χ1) is 7.59. The largest absolute Gasteiger partial charge is 0.418 e. The number of hydrogen-bond acceptors (Lipinski definition) is 1. The van der Waals surface area contributed by atoms with E-state index < -0.39 is 29.0 Å². The third-order valence-corrected chi connectivity index (χ3v) is 2.11. The van der Waals surface area contributed by atoms with Crippen LogP contribution in [-0.4, -0.2) is 0 Å². The number of aryl methyl sites for hydroxylation is 1. The fourth-order valence-electron chi connectivity index (χ4n) is 1.38. The van der Waals surface area contributed by atoms with Gasteiger partial charge in [0.15, 0.2) is 0 Å². The second kappa shape index (κ2) is 3.95. The van der Waals surface area contributed by atoms with Crippen molar-refractivity contribution in [3.63, 3.8) is 0 Å². The molecular weight excluding hydrogens is 248 g/mol. The maximum absolute atomic E-state index is 12.6. The molecule has 0 aliphatic heterocycles. The molecule has 0 aliphatic rings. The lowest BCUT2D eigenvalue weighted by atomic mass is 9.96. The van der Waals surface area contributed by atoms with Crippen LogP contribution in [0.5, 0.6) is 0 Å². The Morgan fingerprint density at radius 3 is 1.88 bits per heavy atom. The van der Waals surface area contributed by atoms with Crippen molar-refractivity contribution < 1.29 is 26.3 Å². The molecular formula is C10H5F6N. The van der Waals surface area contributed by atoms with Gasteiger partial charge < -0.3 is 0 Å². The zero-order valence-electron chi connectivity index (χ0n) is 8.37. The van der Waals surface area contributed by atoms with Gasteiger partial charge in [0.05, 0.1) is 16.7 Å². The molecule has 1 aromatic rings. The molecule has 0 saturated carbocycles. The summed E-state index contributed by atoms with van der Waals surface area (Å²) < 4.78 is 74.9. The van der Waals surface area contributed by atoms with E-state index in [0.717, 1.165) is 19.1 Å². The molecule has 17 heavy (non-hydrogen) atoms. The zero-order chi connectivity index (χ0) is 13.4. The molecule has 0 spiro atoms. The average molecular weight is 253 g/mol. The zero-order valence-corrected chi connectivity index (χ0v) is 8.37. The van der Waals surface area contributed by atoms with E-state index in [4.69, 9.17) is 5.26 Å². The molecule has 0 aromatic heterocycles. The maximum atomic E-state index is 12.6. The first-order valence-electron chi connectivity index (χ1n) is 4.27. The van der Waals surface area contributed by atoms with Gasteiger partial charge in [0.1, 0.15) is 6.07 Å². The van der Waals surface area contributed by atoms with Crippen molar-refractivity contribution >= 4 is 0 Å². The molecule has 1 aromatic carbocycles. The van der Waals surface area contributed by atoms with E-state index in [9.17, 15) is 26.3 Å². The average Bonchev–Trinajstić information content (AvgIpc) is 2.13. The third kappa shape index (κ3) is 2.52. The molecule has 1 rings (SSSR count). The Morgan fingerprint density at radius 1 is 1.00 bits per heavy atom. The second-order valence-corrected chi connectivity index (χ2v) is 3.29.